The van der Waals surface area contributed by atoms with Gasteiger partial charge in [-0.05, 0) is 25.5 Å². The maximum absolute atomic E-state index is 11.8. The molecule has 0 radical (unpaired) electrons. The molecule has 0 bridgehead atoms. The van der Waals surface area contributed by atoms with Crippen LogP contribution >= 0.6 is 0 Å². The summed E-state index contributed by atoms with van der Waals surface area (Å²) in [5, 5.41) is 1.73. The van der Waals surface area contributed by atoms with Gasteiger partial charge in [0, 0.05) is 23.5 Å². The highest BCUT2D eigenvalue weighted by molar-refractivity contribution is 5.98. The molecule has 2 rings (SSSR count). The van der Waals surface area contributed by atoms with E-state index in [0.29, 0.717) is 24.5 Å². The zero-order valence-electron chi connectivity index (χ0n) is 13.1. The Morgan fingerprint density at radius 2 is 1.86 bits per heavy atom. The number of ether oxygens (including phenoxy) is 3. The van der Waals surface area contributed by atoms with Gasteiger partial charge in [-0.15, -0.1) is 0 Å². The van der Waals surface area contributed by atoms with Crippen LogP contribution in [0.3, 0.4) is 0 Å². The highest BCUT2D eigenvalue weighted by Crippen LogP contribution is 2.36. The molecule has 0 saturated carbocycles. The molecule has 0 aromatic heterocycles. The summed E-state index contributed by atoms with van der Waals surface area (Å²) in [6.07, 6.45) is 0. The van der Waals surface area contributed by atoms with Crippen molar-refractivity contribution in [3.8, 4) is 11.5 Å². The number of carbonyl (C=O) groups excluding carboxylic acids is 1. The number of fused-ring (bicyclic) bond motifs is 1. The van der Waals surface area contributed by atoms with Crippen molar-refractivity contribution in [3.63, 3.8) is 0 Å². The molecule has 0 saturated heterocycles. The molecule has 0 aliphatic carbocycles. The molecule has 0 aliphatic heterocycles. The number of carbonyl (C=O) groups is 1. The van der Waals surface area contributed by atoms with E-state index in [0.717, 1.165) is 22.1 Å². The first-order chi connectivity index (χ1) is 10.5. The first kappa shape index (κ1) is 16.0. The molecule has 2 aromatic rings. The highest BCUT2D eigenvalue weighted by atomic mass is 16.5. The number of hydrogen-bond donors (Lipinski definition) is 0. The monoisotopic (exact) mass is 300 g/mol. The Labute approximate surface area is 130 Å². The van der Waals surface area contributed by atoms with Crippen LogP contribution in [0.4, 0.5) is 0 Å². The van der Waals surface area contributed by atoms with Crippen LogP contribution < -0.4 is 9.47 Å². The lowest BCUT2D eigenvalue weighted by Crippen LogP contribution is -2.10. The van der Waals surface area contributed by atoms with Gasteiger partial charge in [-0.25, -0.2) is 4.79 Å². The van der Waals surface area contributed by atoms with Gasteiger partial charge >= 0.3 is 5.97 Å². The molecule has 4 heteroatoms. The largest absolute Gasteiger partial charge is 0.491 e. The normalized spacial score (nSPS) is 10.5. The van der Waals surface area contributed by atoms with Crippen LogP contribution in [0.15, 0.2) is 42.5 Å². The van der Waals surface area contributed by atoms with Crippen molar-refractivity contribution in [2.75, 3.05) is 20.3 Å². The number of esters is 1. The van der Waals surface area contributed by atoms with E-state index in [4.69, 9.17) is 14.2 Å². The second-order valence-corrected chi connectivity index (χ2v) is 5.08. The molecular formula is C18H20O4. The van der Waals surface area contributed by atoms with Gasteiger partial charge in [-0.2, -0.15) is 0 Å². The third kappa shape index (κ3) is 3.46. The van der Waals surface area contributed by atoms with Crippen LogP contribution in [0.2, 0.25) is 0 Å². The molecule has 2 aromatic carbocycles. The summed E-state index contributed by atoms with van der Waals surface area (Å²) in [6, 6.07) is 9.55. The van der Waals surface area contributed by atoms with Gasteiger partial charge in [0.15, 0.2) is 0 Å². The third-order valence-corrected chi connectivity index (χ3v) is 3.23. The Bertz CT molecular complexity index is 704. The first-order valence-corrected chi connectivity index (χ1v) is 7.06. The Morgan fingerprint density at radius 3 is 2.50 bits per heavy atom. The van der Waals surface area contributed by atoms with Gasteiger partial charge < -0.3 is 14.2 Å². The summed E-state index contributed by atoms with van der Waals surface area (Å²) < 4.78 is 16.3. The van der Waals surface area contributed by atoms with Crippen molar-refractivity contribution in [2.24, 2.45) is 0 Å². The van der Waals surface area contributed by atoms with Crippen molar-refractivity contribution >= 4 is 16.7 Å². The summed E-state index contributed by atoms with van der Waals surface area (Å²) in [7, 11) is 1.63. The molecule has 0 spiro atoms. The Morgan fingerprint density at radius 1 is 1.18 bits per heavy atom. The average Bonchev–Trinajstić information content (AvgIpc) is 2.50. The van der Waals surface area contributed by atoms with E-state index in [2.05, 4.69) is 6.58 Å². The minimum absolute atomic E-state index is 0.365. The maximum Gasteiger partial charge on any atom is 0.338 e. The Kier molecular flexibility index (Phi) is 5.17. The molecule has 116 valence electrons. The molecule has 0 amide bonds. The lowest BCUT2D eigenvalue weighted by Gasteiger charge is -2.15. The molecule has 0 atom stereocenters. The van der Waals surface area contributed by atoms with Crippen LogP contribution in [0.1, 0.15) is 12.5 Å². The lowest BCUT2D eigenvalue weighted by atomic mass is 10.0. The second kappa shape index (κ2) is 7.09. The highest BCUT2D eigenvalue weighted by Gasteiger charge is 2.15. The van der Waals surface area contributed by atoms with E-state index in [-0.39, 0.29) is 0 Å². The lowest BCUT2D eigenvalue weighted by molar-refractivity contribution is -0.130. The minimum atomic E-state index is -0.429. The molecule has 4 nitrogen and oxygen atoms in total. The molecule has 22 heavy (non-hydrogen) atoms. The Hall–Kier alpha value is -2.33. The number of benzene rings is 2. The van der Waals surface area contributed by atoms with E-state index in [1.54, 1.807) is 14.0 Å². The predicted molar refractivity (Wildman–Crippen MR) is 86.5 cm³/mol. The van der Waals surface area contributed by atoms with Crippen LogP contribution in [0, 0.1) is 6.92 Å². The summed E-state index contributed by atoms with van der Waals surface area (Å²) in [5.41, 5.74) is 1.20. The van der Waals surface area contributed by atoms with E-state index < -0.39 is 5.97 Å². The fourth-order valence-corrected chi connectivity index (χ4v) is 2.12. The molecule has 0 heterocycles. The van der Waals surface area contributed by atoms with Crippen molar-refractivity contribution in [1.29, 1.82) is 0 Å². The third-order valence-electron chi connectivity index (χ3n) is 3.23. The topological polar surface area (TPSA) is 44.8 Å². The molecule has 0 fully saturated rings. The fraction of sp³-hybridized carbons (Fsp3) is 0.278. The van der Waals surface area contributed by atoms with Gasteiger partial charge in [0.2, 0.25) is 0 Å². The van der Waals surface area contributed by atoms with E-state index in [1.807, 2.05) is 37.3 Å². The van der Waals surface area contributed by atoms with Crippen molar-refractivity contribution in [2.45, 2.75) is 13.8 Å². The summed E-state index contributed by atoms with van der Waals surface area (Å²) in [5.74, 6) is 0.865. The quantitative estimate of drug-likeness (QED) is 0.353. The van der Waals surface area contributed by atoms with Gasteiger partial charge in [-0.1, -0.05) is 30.8 Å². The fourth-order valence-electron chi connectivity index (χ4n) is 2.12. The summed E-state index contributed by atoms with van der Waals surface area (Å²) >= 11 is 0. The number of aryl methyl sites for hydroxylation is 1. The molecule has 0 unspecified atom stereocenters. The molecular weight excluding hydrogens is 280 g/mol. The smallest absolute Gasteiger partial charge is 0.338 e. The van der Waals surface area contributed by atoms with Crippen LogP contribution in [0.5, 0.6) is 11.5 Å². The van der Waals surface area contributed by atoms with Gasteiger partial charge in [0.1, 0.15) is 18.1 Å². The summed E-state index contributed by atoms with van der Waals surface area (Å²) in [4.78, 5) is 11.8. The van der Waals surface area contributed by atoms with Crippen LogP contribution in [-0.2, 0) is 9.53 Å². The molecule has 0 aliphatic rings. The minimum Gasteiger partial charge on any atom is -0.491 e. The van der Waals surface area contributed by atoms with Gasteiger partial charge in [0.05, 0.1) is 6.61 Å². The number of hydrogen-bond acceptors (Lipinski definition) is 4. The average molecular weight is 300 g/mol. The van der Waals surface area contributed by atoms with Crippen molar-refractivity contribution < 1.29 is 19.0 Å². The van der Waals surface area contributed by atoms with E-state index in [1.165, 1.54) is 0 Å². The van der Waals surface area contributed by atoms with Gasteiger partial charge in [-0.3, -0.25) is 0 Å². The first-order valence-electron chi connectivity index (χ1n) is 7.06. The predicted octanol–water partition coefficient (Wildman–Crippen LogP) is 3.65. The summed E-state index contributed by atoms with van der Waals surface area (Å²) in [6.45, 7) is 8.10. The van der Waals surface area contributed by atoms with Crippen molar-refractivity contribution in [1.82, 2.24) is 0 Å². The molecule has 0 N–H and O–H groups in total. The van der Waals surface area contributed by atoms with Crippen molar-refractivity contribution in [3.05, 3.63) is 48.0 Å². The Balaban J connectivity index is 2.46. The van der Waals surface area contributed by atoms with E-state index in [9.17, 15) is 4.79 Å². The van der Waals surface area contributed by atoms with Crippen LogP contribution in [0.25, 0.3) is 10.8 Å². The number of methoxy groups -OCH3 is 1. The SMILES string of the molecule is C=C(C)C(=O)Oc1c(C)cc(OCCOC)c2ccccc12. The standard InChI is InChI=1S/C18H20O4/c1-12(2)18(19)22-17-13(3)11-16(21-10-9-20-4)14-7-5-6-8-15(14)17/h5-8,11H,1,9-10H2,2-4H3. The zero-order valence-corrected chi connectivity index (χ0v) is 13.1. The van der Waals surface area contributed by atoms with E-state index >= 15 is 0 Å². The van der Waals surface area contributed by atoms with Crippen LogP contribution in [-0.4, -0.2) is 26.3 Å². The van der Waals surface area contributed by atoms with Gasteiger partial charge in [0.25, 0.3) is 0 Å². The number of rotatable bonds is 6. The maximum atomic E-state index is 11.8. The zero-order chi connectivity index (χ0) is 16.1. The second-order valence-electron chi connectivity index (χ2n) is 5.08.